The molecule has 5 nitrogen and oxygen atoms in total. The lowest BCUT2D eigenvalue weighted by atomic mass is 10.1. The second kappa shape index (κ2) is 6.36. The highest BCUT2D eigenvalue weighted by Gasteiger charge is 2.09. The van der Waals surface area contributed by atoms with Crippen LogP contribution in [0.4, 0.5) is 5.69 Å². The first-order valence-electron chi connectivity index (χ1n) is 6.68. The lowest BCUT2D eigenvalue weighted by Crippen LogP contribution is -2.20. The van der Waals surface area contributed by atoms with Crippen molar-refractivity contribution in [2.75, 3.05) is 5.32 Å². The molecule has 0 aromatic carbocycles. The Morgan fingerprint density at radius 2 is 2.05 bits per heavy atom. The van der Waals surface area contributed by atoms with Gasteiger partial charge in [0.05, 0.1) is 6.42 Å². The lowest BCUT2D eigenvalue weighted by molar-refractivity contribution is -0.115. The Kier molecular flexibility index (Phi) is 4.11. The van der Waals surface area contributed by atoms with E-state index in [0.29, 0.717) is 0 Å². The average molecular weight is 311 g/mol. The third kappa shape index (κ3) is 3.29. The normalized spacial score (nSPS) is 10.4. The fraction of sp³-hybridized carbons (Fsp3) is 0.0625. The monoisotopic (exact) mass is 311 g/mol. The van der Waals surface area contributed by atoms with E-state index in [4.69, 9.17) is 0 Å². The molecular formula is C16H13N3O2S. The van der Waals surface area contributed by atoms with Gasteiger partial charge < -0.3 is 10.3 Å². The molecule has 0 atom stereocenters. The van der Waals surface area contributed by atoms with Crippen molar-refractivity contribution in [2.45, 2.75) is 6.42 Å². The van der Waals surface area contributed by atoms with Gasteiger partial charge in [-0.25, -0.2) is 0 Å². The van der Waals surface area contributed by atoms with Gasteiger partial charge in [-0.05, 0) is 35.2 Å². The van der Waals surface area contributed by atoms with Crippen molar-refractivity contribution >= 4 is 22.9 Å². The van der Waals surface area contributed by atoms with E-state index in [1.54, 1.807) is 24.7 Å². The summed E-state index contributed by atoms with van der Waals surface area (Å²) in [6.45, 7) is 0. The van der Waals surface area contributed by atoms with Gasteiger partial charge in [0.25, 0.3) is 5.56 Å². The summed E-state index contributed by atoms with van der Waals surface area (Å²) >= 11 is 1.51. The van der Waals surface area contributed by atoms with E-state index in [1.165, 1.54) is 11.3 Å². The van der Waals surface area contributed by atoms with Crippen LogP contribution in [-0.4, -0.2) is 15.9 Å². The topological polar surface area (TPSA) is 74.8 Å². The van der Waals surface area contributed by atoms with Crippen molar-refractivity contribution in [2.24, 2.45) is 0 Å². The summed E-state index contributed by atoms with van der Waals surface area (Å²) < 4.78 is 0. The van der Waals surface area contributed by atoms with Crippen molar-refractivity contribution in [1.82, 2.24) is 9.97 Å². The molecule has 0 saturated heterocycles. The molecule has 0 aliphatic rings. The van der Waals surface area contributed by atoms with Crippen LogP contribution >= 0.6 is 11.3 Å². The summed E-state index contributed by atoms with van der Waals surface area (Å²) in [5, 5.41) is 4.58. The number of nitrogens with zero attached hydrogens (tertiary/aromatic N) is 1. The average Bonchev–Trinajstić information content (AvgIpc) is 3.03. The molecule has 0 aliphatic heterocycles. The minimum Gasteiger partial charge on any atom is -0.327 e. The molecule has 3 heterocycles. The Morgan fingerprint density at radius 1 is 1.23 bits per heavy atom. The van der Waals surface area contributed by atoms with Crippen LogP contribution in [0.2, 0.25) is 0 Å². The Balaban J connectivity index is 1.81. The summed E-state index contributed by atoms with van der Waals surface area (Å²) in [5.41, 5.74) is 1.65. The second-order valence-corrected chi connectivity index (χ2v) is 5.70. The van der Waals surface area contributed by atoms with Crippen LogP contribution in [0.25, 0.3) is 11.1 Å². The molecule has 0 radical (unpaired) electrons. The number of rotatable bonds is 4. The molecule has 0 saturated carbocycles. The maximum atomic E-state index is 12.0. The largest absolute Gasteiger partial charge is 0.327 e. The lowest BCUT2D eigenvalue weighted by Gasteiger charge is -2.06. The molecule has 0 spiro atoms. The molecule has 0 aliphatic carbocycles. The van der Waals surface area contributed by atoms with Gasteiger partial charge >= 0.3 is 0 Å². The van der Waals surface area contributed by atoms with Crippen LogP contribution in [0.15, 0.2) is 59.1 Å². The Bertz CT molecular complexity index is 826. The van der Waals surface area contributed by atoms with Gasteiger partial charge in [0, 0.05) is 29.0 Å². The molecule has 3 aromatic heterocycles. The molecule has 110 valence electrons. The van der Waals surface area contributed by atoms with Gasteiger partial charge in [0.2, 0.25) is 5.91 Å². The fourth-order valence-corrected chi connectivity index (χ4v) is 2.76. The van der Waals surface area contributed by atoms with Gasteiger partial charge in [0.15, 0.2) is 0 Å². The van der Waals surface area contributed by atoms with Crippen LogP contribution < -0.4 is 10.9 Å². The maximum absolute atomic E-state index is 12.0. The van der Waals surface area contributed by atoms with E-state index >= 15 is 0 Å². The number of aromatic nitrogens is 2. The fourth-order valence-electron chi connectivity index (χ4n) is 2.05. The van der Waals surface area contributed by atoms with Gasteiger partial charge in [-0.3, -0.25) is 14.6 Å². The summed E-state index contributed by atoms with van der Waals surface area (Å²) in [4.78, 5) is 31.4. The van der Waals surface area contributed by atoms with Crippen molar-refractivity contribution in [3.05, 3.63) is 69.5 Å². The van der Waals surface area contributed by atoms with Crippen LogP contribution in [-0.2, 0) is 11.2 Å². The number of thiophene rings is 1. The zero-order valence-electron chi connectivity index (χ0n) is 11.6. The van der Waals surface area contributed by atoms with Crippen LogP contribution in [0.1, 0.15) is 4.88 Å². The number of hydrogen-bond acceptors (Lipinski definition) is 4. The highest BCUT2D eigenvalue weighted by Crippen LogP contribution is 2.19. The van der Waals surface area contributed by atoms with Crippen LogP contribution in [0.5, 0.6) is 0 Å². The van der Waals surface area contributed by atoms with E-state index in [0.717, 1.165) is 16.0 Å². The van der Waals surface area contributed by atoms with Crippen molar-refractivity contribution in [1.29, 1.82) is 0 Å². The van der Waals surface area contributed by atoms with Gasteiger partial charge in [0.1, 0.15) is 5.69 Å². The second-order valence-electron chi connectivity index (χ2n) is 4.67. The number of nitrogens with one attached hydrogen (secondary N) is 2. The van der Waals surface area contributed by atoms with Crippen LogP contribution in [0.3, 0.4) is 0 Å². The highest BCUT2D eigenvalue weighted by atomic mass is 32.1. The number of carbonyl (C=O) groups is 1. The molecule has 0 bridgehead atoms. The summed E-state index contributed by atoms with van der Waals surface area (Å²) in [5.74, 6) is -0.208. The first-order chi connectivity index (χ1) is 10.7. The highest BCUT2D eigenvalue weighted by molar-refractivity contribution is 7.10. The van der Waals surface area contributed by atoms with E-state index in [9.17, 15) is 9.59 Å². The SMILES string of the molecule is O=C(Cc1cccs1)Nc1cc(-c2ccncc2)c[nH]c1=O. The molecule has 0 unspecified atom stereocenters. The summed E-state index contributed by atoms with van der Waals surface area (Å²) in [7, 11) is 0. The molecule has 1 amide bonds. The molecule has 2 N–H and O–H groups in total. The molecular weight excluding hydrogens is 298 g/mol. The number of carbonyl (C=O) groups excluding carboxylic acids is 1. The first kappa shape index (κ1) is 14.2. The minimum atomic E-state index is -0.322. The minimum absolute atomic E-state index is 0.208. The number of hydrogen-bond donors (Lipinski definition) is 2. The van der Waals surface area contributed by atoms with E-state index < -0.39 is 0 Å². The third-order valence-electron chi connectivity index (χ3n) is 3.11. The standard InChI is InChI=1S/C16H13N3O2S/c20-15(9-13-2-1-7-22-13)19-14-8-12(10-18-16(14)21)11-3-5-17-6-4-11/h1-8,10H,9H2,(H,18,21)(H,19,20). The van der Waals surface area contributed by atoms with E-state index in [2.05, 4.69) is 15.3 Å². The zero-order chi connectivity index (χ0) is 15.4. The number of H-pyrrole nitrogens is 1. The Hall–Kier alpha value is -2.73. The molecule has 0 fully saturated rings. The van der Waals surface area contributed by atoms with Gasteiger partial charge in [-0.1, -0.05) is 6.07 Å². The molecule has 6 heteroatoms. The van der Waals surface area contributed by atoms with Crippen molar-refractivity contribution in [3.63, 3.8) is 0 Å². The molecule has 22 heavy (non-hydrogen) atoms. The number of anilines is 1. The summed E-state index contributed by atoms with van der Waals surface area (Å²) in [6.07, 6.45) is 5.23. The third-order valence-corrected chi connectivity index (χ3v) is 3.98. The number of pyridine rings is 2. The molecule has 3 aromatic rings. The summed E-state index contributed by atoms with van der Waals surface area (Å²) in [6, 6.07) is 9.13. The zero-order valence-corrected chi connectivity index (χ0v) is 12.4. The predicted molar refractivity (Wildman–Crippen MR) is 86.9 cm³/mol. The van der Waals surface area contributed by atoms with Crippen molar-refractivity contribution < 1.29 is 4.79 Å². The predicted octanol–water partition coefficient (Wildman–Crippen LogP) is 2.68. The Labute approximate surface area is 130 Å². The quantitative estimate of drug-likeness (QED) is 0.778. The number of amides is 1. The van der Waals surface area contributed by atoms with Gasteiger partial charge in [-0.2, -0.15) is 0 Å². The smallest absolute Gasteiger partial charge is 0.271 e. The van der Waals surface area contributed by atoms with Crippen LogP contribution in [0, 0.1) is 0 Å². The van der Waals surface area contributed by atoms with E-state index in [-0.39, 0.29) is 23.6 Å². The Morgan fingerprint density at radius 3 is 2.77 bits per heavy atom. The molecule has 3 rings (SSSR count). The van der Waals surface area contributed by atoms with Gasteiger partial charge in [-0.15, -0.1) is 11.3 Å². The number of aromatic amines is 1. The van der Waals surface area contributed by atoms with Crippen molar-refractivity contribution in [3.8, 4) is 11.1 Å². The van der Waals surface area contributed by atoms with E-state index in [1.807, 2.05) is 29.6 Å². The first-order valence-corrected chi connectivity index (χ1v) is 7.56. The maximum Gasteiger partial charge on any atom is 0.271 e.